The van der Waals surface area contributed by atoms with Gasteiger partial charge in [-0.3, -0.25) is 4.79 Å². The van der Waals surface area contributed by atoms with Crippen LogP contribution in [0.1, 0.15) is 25.8 Å². The molecule has 0 heterocycles. The van der Waals surface area contributed by atoms with E-state index in [0.717, 1.165) is 24.3 Å². The standard InChI is InChI=1S/C12H18N2O/c1-3-12(15)14-11-8-6-5-7-10(11)9-13-4-2/h5-8,13H,3-4,9H2,1-2H3,(H,14,15). The predicted molar refractivity (Wildman–Crippen MR) is 62.7 cm³/mol. The van der Waals surface area contributed by atoms with Crippen molar-refractivity contribution in [2.45, 2.75) is 26.8 Å². The second-order valence-corrected chi connectivity index (χ2v) is 3.34. The SMILES string of the molecule is CCNCc1ccccc1NC(=O)CC. The Balaban J connectivity index is 2.72. The molecule has 0 bridgehead atoms. The van der Waals surface area contributed by atoms with E-state index >= 15 is 0 Å². The fourth-order valence-electron chi connectivity index (χ4n) is 1.29. The lowest BCUT2D eigenvalue weighted by molar-refractivity contribution is -0.115. The number of hydrogen-bond donors (Lipinski definition) is 2. The molecular formula is C12H18N2O. The highest BCUT2D eigenvalue weighted by atomic mass is 16.1. The number of anilines is 1. The van der Waals surface area contributed by atoms with E-state index < -0.39 is 0 Å². The lowest BCUT2D eigenvalue weighted by Crippen LogP contribution is -2.16. The molecule has 1 aromatic carbocycles. The minimum absolute atomic E-state index is 0.0546. The van der Waals surface area contributed by atoms with Gasteiger partial charge < -0.3 is 10.6 Å². The summed E-state index contributed by atoms with van der Waals surface area (Å²) in [4.78, 5) is 11.3. The van der Waals surface area contributed by atoms with E-state index in [-0.39, 0.29) is 5.91 Å². The molecule has 0 atom stereocenters. The number of nitrogens with one attached hydrogen (secondary N) is 2. The third-order valence-corrected chi connectivity index (χ3v) is 2.18. The molecular weight excluding hydrogens is 188 g/mol. The van der Waals surface area contributed by atoms with Crippen LogP contribution >= 0.6 is 0 Å². The molecule has 1 aromatic rings. The van der Waals surface area contributed by atoms with Gasteiger partial charge in [-0.25, -0.2) is 0 Å². The molecule has 15 heavy (non-hydrogen) atoms. The maximum Gasteiger partial charge on any atom is 0.224 e. The fraction of sp³-hybridized carbons (Fsp3) is 0.417. The number of hydrogen-bond acceptors (Lipinski definition) is 2. The maximum atomic E-state index is 11.3. The first kappa shape index (κ1) is 11.7. The van der Waals surface area contributed by atoms with E-state index in [9.17, 15) is 4.79 Å². The number of rotatable bonds is 5. The summed E-state index contributed by atoms with van der Waals surface area (Å²) >= 11 is 0. The summed E-state index contributed by atoms with van der Waals surface area (Å²) in [5.41, 5.74) is 2.03. The summed E-state index contributed by atoms with van der Waals surface area (Å²) in [6.45, 7) is 5.63. The van der Waals surface area contributed by atoms with Crippen molar-refractivity contribution < 1.29 is 4.79 Å². The first-order valence-corrected chi connectivity index (χ1v) is 5.36. The first-order chi connectivity index (χ1) is 7.27. The Morgan fingerprint density at radius 1 is 1.27 bits per heavy atom. The zero-order chi connectivity index (χ0) is 11.1. The van der Waals surface area contributed by atoms with Crippen molar-refractivity contribution in [3.63, 3.8) is 0 Å². The van der Waals surface area contributed by atoms with Crippen LogP contribution in [-0.4, -0.2) is 12.5 Å². The normalized spacial score (nSPS) is 10.0. The van der Waals surface area contributed by atoms with Gasteiger partial charge >= 0.3 is 0 Å². The fourth-order valence-corrected chi connectivity index (χ4v) is 1.29. The van der Waals surface area contributed by atoms with Gasteiger partial charge in [-0.05, 0) is 18.2 Å². The van der Waals surface area contributed by atoms with Crippen molar-refractivity contribution in [1.82, 2.24) is 5.32 Å². The van der Waals surface area contributed by atoms with Crippen molar-refractivity contribution in [3.8, 4) is 0 Å². The van der Waals surface area contributed by atoms with Crippen LogP contribution in [0.15, 0.2) is 24.3 Å². The summed E-state index contributed by atoms with van der Waals surface area (Å²) < 4.78 is 0. The van der Waals surface area contributed by atoms with E-state index in [1.54, 1.807) is 0 Å². The average Bonchev–Trinajstić information content (AvgIpc) is 2.28. The van der Waals surface area contributed by atoms with Crippen LogP contribution < -0.4 is 10.6 Å². The van der Waals surface area contributed by atoms with Gasteiger partial charge in [-0.15, -0.1) is 0 Å². The second-order valence-electron chi connectivity index (χ2n) is 3.34. The van der Waals surface area contributed by atoms with Gasteiger partial charge in [0.25, 0.3) is 0 Å². The van der Waals surface area contributed by atoms with Gasteiger partial charge in [-0.2, -0.15) is 0 Å². The molecule has 0 radical (unpaired) electrons. The molecule has 0 saturated carbocycles. The van der Waals surface area contributed by atoms with E-state index in [1.807, 2.05) is 31.2 Å². The van der Waals surface area contributed by atoms with Crippen molar-refractivity contribution in [3.05, 3.63) is 29.8 Å². The summed E-state index contributed by atoms with van der Waals surface area (Å²) in [5.74, 6) is 0.0546. The van der Waals surface area contributed by atoms with Gasteiger partial charge in [0, 0.05) is 18.7 Å². The zero-order valence-electron chi connectivity index (χ0n) is 9.34. The highest BCUT2D eigenvalue weighted by molar-refractivity contribution is 5.91. The van der Waals surface area contributed by atoms with Crippen LogP contribution in [0.2, 0.25) is 0 Å². The molecule has 0 saturated heterocycles. The Bertz CT molecular complexity index is 323. The smallest absolute Gasteiger partial charge is 0.224 e. The van der Waals surface area contributed by atoms with E-state index in [2.05, 4.69) is 17.6 Å². The highest BCUT2D eigenvalue weighted by Crippen LogP contribution is 2.14. The number of amides is 1. The van der Waals surface area contributed by atoms with Crippen LogP contribution in [-0.2, 0) is 11.3 Å². The minimum atomic E-state index is 0.0546. The summed E-state index contributed by atoms with van der Waals surface area (Å²) in [6, 6.07) is 7.86. The van der Waals surface area contributed by atoms with Gasteiger partial charge in [0.2, 0.25) is 5.91 Å². The largest absolute Gasteiger partial charge is 0.326 e. The molecule has 3 heteroatoms. The minimum Gasteiger partial charge on any atom is -0.326 e. The Morgan fingerprint density at radius 2 is 2.00 bits per heavy atom. The summed E-state index contributed by atoms with van der Waals surface area (Å²) in [6.07, 6.45) is 0.509. The topological polar surface area (TPSA) is 41.1 Å². The Hall–Kier alpha value is -1.35. The highest BCUT2D eigenvalue weighted by Gasteiger charge is 2.03. The number of carbonyl (C=O) groups excluding carboxylic acids is 1. The van der Waals surface area contributed by atoms with Crippen LogP contribution in [0.4, 0.5) is 5.69 Å². The molecule has 0 fully saturated rings. The number of para-hydroxylation sites is 1. The molecule has 0 aliphatic carbocycles. The quantitative estimate of drug-likeness (QED) is 0.775. The van der Waals surface area contributed by atoms with E-state index in [4.69, 9.17) is 0 Å². The van der Waals surface area contributed by atoms with E-state index in [0.29, 0.717) is 6.42 Å². The molecule has 0 spiro atoms. The van der Waals surface area contributed by atoms with Crippen LogP contribution in [0, 0.1) is 0 Å². The monoisotopic (exact) mass is 206 g/mol. The van der Waals surface area contributed by atoms with Gasteiger partial charge in [0.05, 0.1) is 0 Å². The van der Waals surface area contributed by atoms with Crippen molar-refractivity contribution >= 4 is 11.6 Å². The molecule has 82 valence electrons. The van der Waals surface area contributed by atoms with E-state index in [1.165, 1.54) is 0 Å². The van der Waals surface area contributed by atoms with Crippen molar-refractivity contribution in [1.29, 1.82) is 0 Å². The number of benzene rings is 1. The molecule has 0 aliphatic rings. The molecule has 0 aliphatic heterocycles. The second kappa shape index (κ2) is 6.19. The van der Waals surface area contributed by atoms with Crippen LogP contribution in [0.25, 0.3) is 0 Å². The lowest BCUT2D eigenvalue weighted by Gasteiger charge is -2.10. The summed E-state index contributed by atoms with van der Waals surface area (Å²) in [5, 5.41) is 6.14. The average molecular weight is 206 g/mol. The predicted octanol–water partition coefficient (Wildman–Crippen LogP) is 2.14. The molecule has 0 unspecified atom stereocenters. The van der Waals surface area contributed by atoms with Gasteiger partial charge in [0.1, 0.15) is 0 Å². The van der Waals surface area contributed by atoms with Crippen LogP contribution in [0.5, 0.6) is 0 Å². The Kier molecular flexibility index (Phi) is 4.84. The lowest BCUT2D eigenvalue weighted by atomic mass is 10.1. The van der Waals surface area contributed by atoms with Gasteiger partial charge in [0.15, 0.2) is 0 Å². The van der Waals surface area contributed by atoms with Crippen LogP contribution in [0.3, 0.4) is 0 Å². The number of carbonyl (C=O) groups is 1. The molecule has 2 N–H and O–H groups in total. The van der Waals surface area contributed by atoms with Crippen molar-refractivity contribution in [2.24, 2.45) is 0 Å². The molecule has 1 rings (SSSR count). The molecule has 0 aromatic heterocycles. The van der Waals surface area contributed by atoms with Crippen molar-refractivity contribution in [2.75, 3.05) is 11.9 Å². The third-order valence-electron chi connectivity index (χ3n) is 2.18. The Morgan fingerprint density at radius 3 is 2.67 bits per heavy atom. The molecule has 3 nitrogen and oxygen atoms in total. The first-order valence-electron chi connectivity index (χ1n) is 5.36. The maximum absolute atomic E-state index is 11.3. The summed E-state index contributed by atoms with van der Waals surface area (Å²) in [7, 11) is 0. The Labute approximate surface area is 90.9 Å². The third kappa shape index (κ3) is 3.72. The zero-order valence-corrected chi connectivity index (χ0v) is 9.34. The van der Waals surface area contributed by atoms with Gasteiger partial charge in [-0.1, -0.05) is 32.0 Å². The molecule has 1 amide bonds.